The number of nitrogens with two attached hydrogens (primary N) is 1. The fourth-order valence-corrected chi connectivity index (χ4v) is 2.78. The second-order valence-electron chi connectivity index (χ2n) is 6.07. The van der Waals surface area contributed by atoms with Crippen LogP contribution < -0.4 is 16.4 Å². The SMILES string of the molecule is NC(=O)CNC(=O)[C@H]1CC[C@@H](O)[C@H](NC(=O)c2cc(F)ccc2F)C1.O=CO. The van der Waals surface area contributed by atoms with E-state index in [2.05, 4.69) is 10.6 Å². The molecule has 28 heavy (non-hydrogen) atoms. The van der Waals surface area contributed by atoms with Crippen molar-refractivity contribution in [3.8, 4) is 0 Å². The number of aliphatic hydroxyl groups is 1. The maximum atomic E-state index is 13.7. The molecule has 0 bridgehead atoms. The summed E-state index contributed by atoms with van der Waals surface area (Å²) in [7, 11) is 0. The molecule has 6 N–H and O–H groups in total. The Morgan fingerprint density at radius 3 is 2.50 bits per heavy atom. The van der Waals surface area contributed by atoms with Crippen LogP contribution >= 0.6 is 0 Å². The van der Waals surface area contributed by atoms with Crippen molar-refractivity contribution in [3.63, 3.8) is 0 Å². The van der Waals surface area contributed by atoms with Crippen molar-refractivity contribution in [2.24, 2.45) is 11.7 Å². The summed E-state index contributed by atoms with van der Waals surface area (Å²) in [4.78, 5) is 43.2. The number of carbonyl (C=O) groups excluding carboxylic acids is 3. The minimum Gasteiger partial charge on any atom is -0.483 e. The molecule has 9 nitrogen and oxygen atoms in total. The minimum absolute atomic E-state index is 0.106. The van der Waals surface area contributed by atoms with Gasteiger partial charge in [0.25, 0.3) is 12.4 Å². The maximum Gasteiger partial charge on any atom is 0.290 e. The van der Waals surface area contributed by atoms with Gasteiger partial charge in [-0.1, -0.05) is 0 Å². The van der Waals surface area contributed by atoms with E-state index in [4.69, 9.17) is 15.6 Å². The summed E-state index contributed by atoms with van der Waals surface area (Å²) in [5.41, 5.74) is 4.48. The van der Waals surface area contributed by atoms with E-state index in [1.807, 2.05) is 0 Å². The zero-order valence-electron chi connectivity index (χ0n) is 14.7. The van der Waals surface area contributed by atoms with E-state index in [0.29, 0.717) is 6.42 Å². The van der Waals surface area contributed by atoms with Gasteiger partial charge in [0.05, 0.1) is 24.3 Å². The van der Waals surface area contributed by atoms with E-state index in [0.717, 1.165) is 18.2 Å². The van der Waals surface area contributed by atoms with Gasteiger partial charge in [0.2, 0.25) is 11.8 Å². The molecule has 0 aliphatic heterocycles. The van der Waals surface area contributed by atoms with E-state index in [1.165, 1.54) is 0 Å². The van der Waals surface area contributed by atoms with Crippen LogP contribution in [0.3, 0.4) is 0 Å². The molecule has 0 radical (unpaired) electrons. The van der Waals surface area contributed by atoms with E-state index in [1.54, 1.807) is 0 Å². The Morgan fingerprint density at radius 1 is 1.25 bits per heavy atom. The predicted octanol–water partition coefficient (Wildman–Crippen LogP) is -0.473. The number of benzene rings is 1. The summed E-state index contributed by atoms with van der Waals surface area (Å²) in [6.45, 7) is -0.552. The molecule has 0 heterocycles. The number of carboxylic acid groups (broad SMARTS) is 1. The van der Waals surface area contributed by atoms with Crippen LogP contribution in [0.5, 0.6) is 0 Å². The standard InChI is InChI=1S/C16H19F2N3O4.CH2O2/c17-9-2-3-11(18)10(6-9)16(25)21-12-5-8(1-4-13(12)22)15(24)20-7-14(19)23;2-1-3/h2-3,6,8,12-13,22H,1,4-5,7H2,(H2,19,23)(H,20,24)(H,21,25);1H,(H,2,3)/t8-,12+,13+;/m0./s1. The molecule has 0 aromatic heterocycles. The summed E-state index contributed by atoms with van der Waals surface area (Å²) in [5, 5.41) is 21.7. The first-order chi connectivity index (χ1) is 13.2. The topological polar surface area (TPSA) is 159 Å². The average molecular weight is 401 g/mol. The first-order valence-corrected chi connectivity index (χ1v) is 8.27. The van der Waals surface area contributed by atoms with Gasteiger partial charge in [0.15, 0.2) is 0 Å². The van der Waals surface area contributed by atoms with Gasteiger partial charge in [-0.3, -0.25) is 19.2 Å². The Morgan fingerprint density at radius 2 is 1.89 bits per heavy atom. The van der Waals surface area contributed by atoms with E-state index < -0.39 is 53.0 Å². The van der Waals surface area contributed by atoms with Gasteiger partial charge in [-0.25, -0.2) is 8.78 Å². The second-order valence-corrected chi connectivity index (χ2v) is 6.07. The Balaban J connectivity index is 0.00000122. The molecule has 0 saturated heterocycles. The summed E-state index contributed by atoms with van der Waals surface area (Å²) in [6, 6.07) is 1.69. The first-order valence-electron chi connectivity index (χ1n) is 8.27. The number of aliphatic hydroxyl groups excluding tert-OH is 1. The third-order valence-corrected chi connectivity index (χ3v) is 4.11. The van der Waals surface area contributed by atoms with Crippen LogP contribution in [-0.4, -0.2) is 53.1 Å². The van der Waals surface area contributed by atoms with Crippen LogP contribution in [0.4, 0.5) is 8.78 Å². The Bertz CT molecular complexity index is 731. The number of rotatable bonds is 5. The normalized spacial score (nSPS) is 20.9. The molecule has 11 heteroatoms. The maximum absolute atomic E-state index is 13.7. The van der Waals surface area contributed by atoms with Crippen molar-refractivity contribution in [1.82, 2.24) is 10.6 Å². The third-order valence-electron chi connectivity index (χ3n) is 4.11. The number of amides is 3. The number of hydrogen-bond donors (Lipinski definition) is 5. The lowest BCUT2D eigenvalue weighted by Crippen LogP contribution is -2.50. The quantitative estimate of drug-likeness (QED) is 0.419. The molecule has 2 rings (SSSR count). The molecule has 0 unspecified atom stereocenters. The lowest BCUT2D eigenvalue weighted by molar-refractivity contribution is -0.129. The van der Waals surface area contributed by atoms with Gasteiger partial charge in [-0.05, 0) is 37.5 Å². The smallest absolute Gasteiger partial charge is 0.290 e. The van der Waals surface area contributed by atoms with Gasteiger partial charge < -0.3 is 26.6 Å². The van der Waals surface area contributed by atoms with Gasteiger partial charge in [0, 0.05) is 5.92 Å². The van der Waals surface area contributed by atoms with Crippen LogP contribution in [0.15, 0.2) is 18.2 Å². The van der Waals surface area contributed by atoms with Crippen molar-refractivity contribution in [3.05, 3.63) is 35.4 Å². The Hall–Kier alpha value is -3.08. The fraction of sp³-hybridized carbons (Fsp3) is 0.412. The molecule has 0 spiro atoms. The van der Waals surface area contributed by atoms with Crippen molar-refractivity contribution in [2.75, 3.05) is 6.54 Å². The van der Waals surface area contributed by atoms with Gasteiger partial charge in [-0.2, -0.15) is 0 Å². The van der Waals surface area contributed by atoms with E-state index >= 15 is 0 Å². The molecule has 154 valence electrons. The molecule has 3 atom stereocenters. The lowest BCUT2D eigenvalue weighted by atomic mass is 9.83. The van der Waals surface area contributed by atoms with Gasteiger partial charge in [-0.15, -0.1) is 0 Å². The molecule has 1 aromatic carbocycles. The predicted molar refractivity (Wildman–Crippen MR) is 91.9 cm³/mol. The van der Waals surface area contributed by atoms with Gasteiger partial charge in [0.1, 0.15) is 11.6 Å². The van der Waals surface area contributed by atoms with Crippen LogP contribution in [0.1, 0.15) is 29.6 Å². The van der Waals surface area contributed by atoms with Gasteiger partial charge >= 0.3 is 0 Å². The summed E-state index contributed by atoms with van der Waals surface area (Å²) >= 11 is 0. The van der Waals surface area contributed by atoms with Crippen LogP contribution in [0.25, 0.3) is 0 Å². The molecule has 1 aromatic rings. The van der Waals surface area contributed by atoms with Crippen LogP contribution in [0, 0.1) is 17.6 Å². The zero-order chi connectivity index (χ0) is 21.3. The van der Waals surface area contributed by atoms with Crippen molar-refractivity contribution >= 4 is 24.2 Å². The molecular weight excluding hydrogens is 380 g/mol. The summed E-state index contributed by atoms with van der Waals surface area (Å²) in [5.74, 6) is -4.17. The Kier molecular flexibility index (Phi) is 8.96. The highest BCUT2D eigenvalue weighted by molar-refractivity contribution is 5.94. The van der Waals surface area contributed by atoms with E-state index in [-0.39, 0.29) is 25.9 Å². The first kappa shape index (κ1) is 23.0. The highest BCUT2D eigenvalue weighted by atomic mass is 19.1. The average Bonchev–Trinajstić information content (AvgIpc) is 2.64. The largest absolute Gasteiger partial charge is 0.483 e. The van der Waals surface area contributed by atoms with Crippen molar-refractivity contribution in [1.29, 1.82) is 0 Å². The number of hydrogen-bond acceptors (Lipinski definition) is 5. The highest BCUT2D eigenvalue weighted by Gasteiger charge is 2.34. The minimum atomic E-state index is -0.916. The third kappa shape index (κ3) is 6.91. The molecule has 1 fully saturated rings. The number of primary amides is 1. The molecule has 3 amide bonds. The summed E-state index contributed by atoms with van der Waals surface area (Å²) in [6.07, 6.45) is -0.202. The van der Waals surface area contributed by atoms with Crippen molar-refractivity contribution in [2.45, 2.75) is 31.4 Å². The molecule has 1 aliphatic rings. The second kappa shape index (κ2) is 10.9. The highest BCUT2D eigenvalue weighted by Crippen LogP contribution is 2.25. The van der Waals surface area contributed by atoms with Crippen LogP contribution in [0.2, 0.25) is 0 Å². The Labute approximate surface area is 158 Å². The molecule has 1 saturated carbocycles. The number of nitrogens with one attached hydrogen (secondary N) is 2. The van der Waals surface area contributed by atoms with Crippen molar-refractivity contribution < 1.29 is 38.2 Å². The fourth-order valence-electron chi connectivity index (χ4n) is 2.78. The number of halogens is 2. The summed E-state index contributed by atoms with van der Waals surface area (Å²) < 4.78 is 26.8. The monoisotopic (exact) mass is 401 g/mol. The lowest BCUT2D eigenvalue weighted by Gasteiger charge is -2.33. The number of carbonyl (C=O) groups is 4. The van der Waals surface area contributed by atoms with E-state index in [9.17, 15) is 28.3 Å². The zero-order valence-corrected chi connectivity index (χ0v) is 14.7. The van der Waals surface area contributed by atoms with Crippen LogP contribution in [-0.2, 0) is 14.4 Å². The molecular formula is C17H21F2N3O6. The molecule has 1 aliphatic carbocycles.